The Morgan fingerprint density at radius 2 is 1.96 bits per heavy atom. The monoisotopic (exact) mass is 438 g/mol. The van der Waals surface area contributed by atoms with E-state index < -0.39 is 0 Å². The highest BCUT2D eigenvalue weighted by molar-refractivity contribution is 9.10. The molecule has 7 heteroatoms. The molecular formula is C20H15BrN4OS. The molecule has 134 valence electrons. The lowest BCUT2D eigenvalue weighted by Gasteiger charge is -2.00. The number of aromatic nitrogens is 3. The SMILES string of the molecule is O=C(/C=C/c1ccc(-c2ccc(Br)cc2)s1)NCc1nnc2ccccn12. The minimum Gasteiger partial charge on any atom is -0.345 e. The van der Waals surface area contributed by atoms with E-state index in [1.807, 2.05) is 53.1 Å². The Balaban J connectivity index is 1.38. The number of halogens is 1. The van der Waals surface area contributed by atoms with Gasteiger partial charge in [-0.05, 0) is 48.0 Å². The summed E-state index contributed by atoms with van der Waals surface area (Å²) in [6.45, 7) is 0.322. The van der Waals surface area contributed by atoms with Crippen molar-refractivity contribution in [3.05, 3.63) is 82.0 Å². The van der Waals surface area contributed by atoms with Crippen LogP contribution in [0.5, 0.6) is 0 Å². The number of nitrogens with zero attached hydrogens (tertiary/aromatic N) is 3. The summed E-state index contributed by atoms with van der Waals surface area (Å²) >= 11 is 5.09. The minimum absolute atomic E-state index is 0.165. The number of hydrogen-bond acceptors (Lipinski definition) is 4. The predicted molar refractivity (Wildman–Crippen MR) is 111 cm³/mol. The summed E-state index contributed by atoms with van der Waals surface area (Å²) in [5, 5.41) is 11.0. The first-order valence-electron chi connectivity index (χ1n) is 8.29. The van der Waals surface area contributed by atoms with Gasteiger partial charge in [0.25, 0.3) is 0 Å². The van der Waals surface area contributed by atoms with Crippen LogP contribution in [-0.2, 0) is 11.3 Å². The van der Waals surface area contributed by atoms with Gasteiger partial charge in [0, 0.05) is 26.5 Å². The number of rotatable bonds is 5. The standard InChI is InChI=1S/C20H15BrN4OS/c21-15-6-4-14(5-7-15)17-10-8-16(27-17)9-11-20(26)22-13-19-24-23-18-3-1-2-12-25(18)19/h1-12H,13H2,(H,22,26)/b11-9+. The molecule has 0 unspecified atom stereocenters. The Bertz CT molecular complexity index is 1110. The summed E-state index contributed by atoms with van der Waals surface area (Å²) < 4.78 is 2.91. The van der Waals surface area contributed by atoms with Gasteiger partial charge in [-0.2, -0.15) is 0 Å². The Morgan fingerprint density at radius 3 is 2.81 bits per heavy atom. The Kier molecular flexibility index (Phi) is 5.13. The summed E-state index contributed by atoms with van der Waals surface area (Å²) in [6.07, 6.45) is 5.24. The van der Waals surface area contributed by atoms with Crippen LogP contribution in [0.1, 0.15) is 10.7 Å². The maximum Gasteiger partial charge on any atom is 0.244 e. The smallest absolute Gasteiger partial charge is 0.244 e. The number of carbonyl (C=O) groups is 1. The van der Waals surface area contributed by atoms with Gasteiger partial charge in [0.15, 0.2) is 11.5 Å². The number of pyridine rings is 1. The molecule has 4 aromatic rings. The zero-order chi connectivity index (χ0) is 18.6. The van der Waals surface area contributed by atoms with Gasteiger partial charge in [-0.25, -0.2) is 0 Å². The lowest BCUT2D eigenvalue weighted by Crippen LogP contribution is -2.21. The molecule has 3 aromatic heterocycles. The summed E-state index contributed by atoms with van der Waals surface area (Å²) in [6, 6.07) is 17.9. The highest BCUT2D eigenvalue weighted by Crippen LogP contribution is 2.29. The van der Waals surface area contributed by atoms with Crippen LogP contribution >= 0.6 is 27.3 Å². The van der Waals surface area contributed by atoms with E-state index in [0.717, 1.165) is 25.4 Å². The molecular weight excluding hydrogens is 424 g/mol. The number of hydrogen-bond donors (Lipinski definition) is 1. The van der Waals surface area contributed by atoms with Crippen molar-refractivity contribution in [3.63, 3.8) is 0 Å². The van der Waals surface area contributed by atoms with E-state index in [1.54, 1.807) is 17.4 Å². The number of nitrogens with one attached hydrogen (secondary N) is 1. The molecule has 0 fully saturated rings. The zero-order valence-corrected chi connectivity index (χ0v) is 16.6. The number of amides is 1. The molecule has 0 aliphatic rings. The van der Waals surface area contributed by atoms with E-state index in [0.29, 0.717) is 12.4 Å². The predicted octanol–water partition coefficient (Wildman–Crippen LogP) is 4.55. The molecule has 4 rings (SSSR count). The Morgan fingerprint density at radius 1 is 1.11 bits per heavy atom. The molecule has 1 aromatic carbocycles. The van der Waals surface area contributed by atoms with Crippen LogP contribution in [0, 0.1) is 0 Å². The molecule has 27 heavy (non-hydrogen) atoms. The molecule has 0 atom stereocenters. The average Bonchev–Trinajstić information content (AvgIpc) is 3.32. The fourth-order valence-corrected chi connectivity index (χ4v) is 3.79. The van der Waals surface area contributed by atoms with Gasteiger partial charge < -0.3 is 5.32 Å². The second-order valence-corrected chi connectivity index (χ2v) is 7.84. The fraction of sp³-hybridized carbons (Fsp3) is 0.0500. The number of thiophene rings is 1. The molecule has 0 aliphatic carbocycles. The summed E-state index contributed by atoms with van der Waals surface area (Å²) in [4.78, 5) is 14.3. The van der Waals surface area contributed by atoms with E-state index in [4.69, 9.17) is 0 Å². The van der Waals surface area contributed by atoms with Crippen LogP contribution in [0.2, 0.25) is 0 Å². The van der Waals surface area contributed by atoms with Gasteiger partial charge in [0.1, 0.15) is 0 Å². The third kappa shape index (κ3) is 4.15. The number of carbonyl (C=O) groups excluding carboxylic acids is 1. The first-order chi connectivity index (χ1) is 13.2. The first-order valence-corrected chi connectivity index (χ1v) is 9.90. The minimum atomic E-state index is -0.165. The van der Waals surface area contributed by atoms with Gasteiger partial charge >= 0.3 is 0 Å². The van der Waals surface area contributed by atoms with Gasteiger partial charge in [-0.1, -0.05) is 34.1 Å². The van der Waals surface area contributed by atoms with Crippen LogP contribution in [0.15, 0.2) is 71.3 Å². The van der Waals surface area contributed by atoms with E-state index in [-0.39, 0.29) is 5.91 Å². The third-order valence-corrected chi connectivity index (χ3v) is 5.59. The normalized spacial score (nSPS) is 11.3. The summed E-state index contributed by atoms with van der Waals surface area (Å²) in [5.74, 6) is 0.530. The molecule has 0 saturated carbocycles. The van der Waals surface area contributed by atoms with Gasteiger partial charge in [0.2, 0.25) is 5.91 Å². The van der Waals surface area contributed by atoms with Crippen molar-refractivity contribution in [2.24, 2.45) is 0 Å². The quantitative estimate of drug-likeness (QED) is 0.465. The van der Waals surface area contributed by atoms with Gasteiger partial charge in [-0.3, -0.25) is 9.20 Å². The van der Waals surface area contributed by atoms with Crippen LogP contribution in [0.4, 0.5) is 0 Å². The van der Waals surface area contributed by atoms with Crippen molar-refractivity contribution in [2.45, 2.75) is 6.54 Å². The van der Waals surface area contributed by atoms with Crippen molar-refractivity contribution >= 4 is 44.9 Å². The number of benzene rings is 1. The lowest BCUT2D eigenvalue weighted by atomic mass is 10.2. The van der Waals surface area contributed by atoms with E-state index in [9.17, 15) is 4.79 Å². The topological polar surface area (TPSA) is 59.3 Å². The highest BCUT2D eigenvalue weighted by Gasteiger charge is 2.06. The lowest BCUT2D eigenvalue weighted by molar-refractivity contribution is -0.116. The van der Waals surface area contributed by atoms with Gasteiger partial charge in [0.05, 0.1) is 6.54 Å². The molecule has 0 spiro atoms. The molecule has 3 heterocycles. The molecule has 1 amide bonds. The molecule has 1 N–H and O–H groups in total. The molecule has 0 saturated heterocycles. The van der Waals surface area contributed by atoms with Crippen molar-refractivity contribution in [2.75, 3.05) is 0 Å². The zero-order valence-electron chi connectivity index (χ0n) is 14.2. The van der Waals surface area contributed by atoms with Crippen molar-refractivity contribution in [1.29, 1.82) is 0 Å². The highest BCUT2D eigenvalue weighted by atomic mass is 79.9. The Labute approximate surface area is 168 Å². The molecule has 0 bridgehead atoms. The largest absolute Gasteiger partial charge is 0.345 e. The maximum atomic E-state index is 12.1. The molecule has 0 aliphatic heterocycles. The van der Waals surface area contributed by atoms with Crippen LogP contribution in [0.25, 0.3) is 22.2 Å². The summed E-state index contributed by atoms with van der Waals surface area (Å²) in [5.41, 5.74) is 1.92. The van der Waals surface area contributed by atoms with E-state index in [1.165, 1.54) is 0 Å². The van der Waals surface area contributed by atoms with E-state index >= 15 is 0 Å². The second-order valence-electron chi connectivity index (χ2n) is 5.81. The van der Waals surface area contributed by atoms with Crippen molar-refractivity contribution < 1.29 is 4.79 Å². The van der Waals surface area contributed by atoms with E-state index in [2.05, 4.69) is 49.6 Å². The maximum absolute atomic E-state index is 12.1. The van der Waals surface area contributed by atoms with Crippen molar-refractivity contribution in [3.8, 4) is 10.4 Å². The fourth-order valence-electron chi connectivity index (χ4n) is 2.61. The van der Waals surface area contributed by atoms with Gasteiger partial charge in [-0.15, -0.1) is 21.5 Å². The van der Waals surface area contributed by atoms with Crippen LogP contribution in [0.3, 0.4) is 0 Å². The van der Waals surface area contributed by atoms with Crippen LogP contribution < -0.4 is 5.32 Å². The average molecular weight is 439 g/mol. The molecule has 0 radical (unpaired) electrons. The second kappa shape index (κ2) is 7.85. The number of fused-ring (bicyclic) bond motifs is 1. The van der Waals surface area contributed by atoms with Crippen molar-refractivity contribution in [1.82, 2.24) is 19.9 Å². The Hall–Kier alpha value is -2.77. The van der Waals surface area contributed by atoms with Crippen LogP contribution in [-0.4, -0.2) is 20.5 Å². The summed E-state index contributed by atoms with van der Waals surface area (Å²) in [7, 11) is 0. The third-order valence-electron chi connectivity index (χ3n) is 3.96. The molecule has 5 nitrogen and oxygen atoms in total. The first kappa shape index (κ1) is 17.6.